The van der Waals surface area contributed by atoms with Crippen LogP contribution in [0.5, 0.6) is 0 Å². The van der Waals surface area contributed by atoms with Gasteiger partial charge in [0.05, 0.1) is 11.7 Å². The minimum Gasteiger partial charge on any atom is -0.375 e. The Hall–Kier alpha value is -2.61. The molecule has 1 saturated heterocycles. The van der Waals surface area contributed by atoms with Gasteiger partial charge in [0, 0.05) is 32.1 Å². The lowest BCUT2D eigenvalue weighted by Gasteiger charge is -2.35. The number of hydrogen-bond acceptors (Lipinski definition) is 7. The zero-order valence-electron chi connectivity index (χ0n) is 14.5. The number of nitrogens with zero attached hydrogens (tertiary/aromatic N) is 5. The summed E-state index contributed by atoms with van der Waals surface area (Å²) in [6.45, 7) is 2.65. The molecule has 0 aliphatic carbocycles. The van der Waals surface area contributed by atoms with Crippen LogP contribution in [0.25, 0.3) is 0 Å². The quantitative estimate of drug-likeness (QED) is 0.888. The van der Waals surface area contributed by atoms with Crippen molar-refractivity contribution in [2.45, 2.75) is 32.2 Å². The van der Waals surface area contributed by atoms with E-state index in [1.54, 1.807) is 18.5 Å². The van der Waals surface area contributed by atoms with Crippen molar-refractivity contribution in [3.63, 3.8) is 0 Å². The number of carbonyl (C=O) groups excluding carboxylic acids is 1. The highest BCUT2D eigenvalue weighted by Crippen LogP contribution is 2.31. The molecule has 0 saturated carbocycles. The molecule has 0 radical (unpaired) electrons. The van der Waals surface area contributed by atoms with Crippen LogP contribution in [0.1, 0.15) is 36.8 Å². The highest BCUT2D eigenvalue weighted by molar-refractivity contribution is 5.78. The number of carbonyl (C=O) groups is 1. The summed E-state index contributed by atoms with van der Waals surface area (Å²) in [6, 6.07) is 3.56. The summed E-state index contributed by atoms with van der Waals surface area (Å²) in [5.74, 6) is 1.73. The molecule has 1 atom stereocenters. The third-order valence-electron chi connectivity index (χ3n) is 4.10. The van der Waals surface area contributed by atoms with E-state index in [0.29, 0.717) is 17.6 Å². The second-order valence-corrected chi connectivity index (χ2v) is 5.95. The maximum absolute atomic E-state index is 12.4. The number of nitrogens with one attached hydrogen (secondary N) is 1. The summed E-state index contributed by atoms with van der Waals surface area (Å²) < 4.78 is 5.01. The van der Waals surface area contributed by atoms with Crippen molar-refractivity contribution in [1.29, 1.82) is 0 Å². The second kappa shape index (κ2) is 7.98. The Bertz CT molecular complexity index is 724. The minimum atomic E-state index is -0.0599. The van der Waals surface area contributed by atoms with Crippen LogP contribution >= 0.6 is 0 Å². The molecule has 2 aromatic heterocycles. The molecule has 1 N–H and O–H groups in total. The van der Waals surface area contributed by atoms with Crippen molar-refractivity contribution in [2.24, 2.45) is 0 Å². The predicted molar refractivity (Wildman–Crippen MR) is 92.3 cm³/mol. The van der Waals surface area contributed by atoms with Crippen molar-refractivity contribution in [2.75, 3.05) is 25.6 Å². The number of anilines is 2. The first-order valence-electron chi connectivity index (χ1n) is 8.35. The summed E-state index contributed by atoms with van der Waals surface area (Å²) in [5.41, 5.74) is 0.829. The van der Waals surface area contributed by atoms with Gasteiger partial charge in [0.15, 0.2) is 0 Å². The van der Waals surface area contributed by atoms with E-state index in [0.717, 1.165) is 31.5 Å². The van der Waals surface area contributed by atoms with Gasteiger partial charge in [-0.15, -0.1) is 0 Å². The summed E-state index contributed by atoms with van der Waals surface area (Å²) in [7, 11) is 1.54. The molecule has 1 aliphatic rings. The molecule has 3 heterocycles. The van der Waals surface area contributed by atoms with E-state index in [9.17, 15) is 4.79 Å². The zero-order valence-corrected chi connectivity index (χ0v) is 14.5. The number of methoxy groups -OCH3 is 1. The predicted octanol–water partition coefficient (Wildman–Crippen LogP) is 2.02. The molecular weight excluding hydrogens is 320 g/mol. The van der Waals surface area contributed by atoms with Gasteiger partial charge >= 0.3 is 0 Å². The van der Waals surface area contributed by atoms with Crippen molar-refractivity contribution < 1.29 is 9.53 Å². The Balaban J connectivity index is 1.86. The molecule has 3 rings (SSSR count). The molecule has 0 spiro atoms. The number of rotatable bonds is 5. The van der Waals surface area contributed by atoms with Crippen LogP contribution in [0.4, 0.5) is 11.8 Å². The highest BCUT2D eigenvalue weighted by Gasteiger charge is 2.29. The lowest BCUT2D eigenvalue weighted by Crippen LogP contribution is -2.40. The van der Waals surface area contributed by atoms with Gasteiger partial charge in [-0.25, -0.2) is 19.9 Å². The molecule has 2 aromatic rings. The van der Waals surface area contributed by atoms with Gasteiger partial charge in [-0.05, 0) is 32.3 Å². The fraction of sp³-hybridized carbons (Fsp3) is 0.471. The van der Waals surface area contributed by atoms with Crippen LogP contribution in [-0.4, -0.2) is 51.0 Å². The molecule has 1 aliphatic heterocycles. The highest BCUT2D eigenvalue weighted by atomic mass is 16.5. The van der Waals surface area contributed by atoms with E-state index < -0.39 is 0 Å². The molecule has 8 nitrogen and oxygen atoms in total. The van der Waals surface area contributed by atoms with Crippen LogP contribution in [0.3, 0.4) is 0 Å². The van der Waals surface area contributed by atoms with Gasteiger partial charge in [-0.3, -0.25) is 4.79 Å². The number of likely N-dealkylation sites (tertiary alicyclic amines) is 1. The molecule has 132 valence electrons. The van der Waals surface area contributed by atoms with E-state index in [1.165, 1.54) is 7.11 Å². The topological polar surface area (TPSA) is 93.1 Å². The van der Waals surface area contributed by atoms with Gasteiger partial charge < -0.3 is 15.0 Å². The van der Waals surface area contributed by atoms with E-state index >= 15 is 0 Å². The molecule has 25 heavy (non-hydrogen) atoms. The van der Waals surface area contributed by atoms with Gasteiger partial charge in [-0.2, -0.15) is 0 Å². The number of amides is 1. The number of aryl methyl sites for hydroxylation is 1. The first-order chi connectivity index (χ1) is 12.2. The van der Waals surface area contributed by atoms with Gasteiger partial charge in [0.1, 0.15) is 18.2 Å². The van der Waals surface area contributed by atoms with Crippen molar-refractivity contribution in [3.05, 3.63) is 36.0 Å². The number of piperidine rings is 1. The van der Waals surface area contributed by atoms with E-state index in [-0.39, 0.29) is 18.6 Å². The summed E-state index contributed by atoms with van der Waals surface area (Å²) >= 11 is 0. The molecule has 1 fully saturated rings. The smallest absolute Gasteiger partial charge is 0.249 e. The van der Waals surface area contributed by atoms with E-state index in [1.807, 2.05) is 17.9 Å². The third-order valence-corrected chi connectivity index (χ3v) is 4.10. The fourth-order valence-electron chi connectivity index (χ4n) is 3.05. The third kappa shape index (κ3) is 4.27. The number of aromatic nitrogens is 4. The van der Waals surface area contributed by atoms with Crippen LogP contribution in [0, 0.1) is 6.92 Å². The number of hydrogen-bond donors (Lipinski definition) is 1. The van der Waals surface area contributed by atoms with Gasteiger partial charge in [-0.1, -0.05) is 0 Å². The molecule has 8 heteroatoms. The van der Waals surface area contributed by atoms with Gasteiger partial charge in [0.25, 0.3) is 0 Å². The average Bonchev–Trinajstić information content (AvgIpc) is 2.62. The Morgan fingerprint density at radius 2 is 2.12 bits per heavy atom. The summed E-state index contributed by atoms with van der Waals surface area (Å²) in [6.07, 6.45) is 6.27. The maximum Gasteiger partial charge on any atom is 0.249 e. The Morgan fingerprint density at radius 1 is 1.32 bits per heavy atom. The lowest BCUT2D eigenvalue weighted by atomic mass is 9.99. The van der Waals surface area contributed by atoms with Crippen LogP contribution < -0.4 is 5.32 Å². The largest absolute Gasteiger partial charge is 0.375 e. The van der Waals surface area contributed by atoms with E-state index in [2.05, 4.69) is 25.3 Å². The monoisotopic (exact) mass is 342 g/mol. The minimum absolute atomic E-state index is 0.00985. The van der Waals surface area contributed by atoms with Crippen LogP contribution in [0.15, 0.2) is 24.5 Å². The SMILES string of the molecule is COCC(=O)N1CCCCC1c1cc(Nc2ncccn2)nc(C)n1. The average molecular weight is 342 g/mol. The Morgan fingerprint density at radius 3 is 2.88 bits per heavy atom. The van der Waals surface area contributed by atoms with Crippen molar-refractivity contribution >= 4 is 17.7 Å². The lowest BCUT2D eigenvalue weighted by molar-refractivity contribution is -0.139. The van der Waals surface area contributed by atoms with Crippen LogP contribution in [-0.2, 0) is 9.53 Å². The first kappa shape index (κ1) is 17.2. The van der Waals surface area contributed by atoms with E-state index in [4.69, 9.17) is 4.74 Å². The Labute approximate surface area is 146 Å². The second-order valence-electron chi connectivity index (χ2n) is 5.95. The molecule has 1 unspecified atom stereocenters. The summed E-state index contributed by atoms with van der Waals surface area (Å²) in [5, 5.41) is 3.09. The zero-order chi connectivity index (χ0) is 17.6. The maximum atomic E-state index is 12.4. The Kier molecular flexibility index (Phi) is 5.49. The van der Waals surface area contributed by atoms with Gasteiger partial charge in [0.2, 0.25) is 11.9 Å². The summed E-state index contributed by atoms with van der Waals surface area (Å²) in [4.78, 5) is 31.5. The number of ether oxygens (including phenoxy) is 1. The van der Waals surface area contributed by atoms with Crippen molar-refractivity contribution in [3.8, 4) is 0 Å². The molecular formula is C17H22N6O2. The first-order valence-corrected chi connectivity index (χ1v) is 8.35. The standard InChI is InChI=1S/C17H22N6O2/c1-12-20-13(10-15(21-12)22-17-18-7-5-8-19-17)14-6-3-4-9-23(14)16(24)11-25-2/h5,7-8,10,14H,3-4,6,9,11H2,1-2H3,(H,18,19,20,21,22). The molecule has 1 amide bonds. The molecule has 0 aromatic carbocycles. The fourth-order valence-corrected chi connectivity index (χ4v) is 3.05. The van der Waals surface area contributed by atoms with Crippen molar-refractivity contribution in [1.82, 2.24) is 24.8 Å². The van der Waals surface area contributed by atoms with Crippen LogP contribution in [0.2, 0.25) is 0 Å². The normalized spacial score (nSPS) is 17.4. The molecule has 0 bridgehead atoms.